The molecule has 0 aliphatic rings. The zero-order valence-corrected chi connectivity index (χ0v) is 15.6. The van der Waals surface area contributed by atoms with Crippen molar-refractivity contribution < 1.29 is 18.8 Å². The van der Waals surface area contributed by atoms with Crippen LogP contribution in [0.15, 0.2) is 59.1 Å². The van der Waals surface area contributed by atoms with Gasteiger partial charge in [0.1, 0.15) is 23.9 Å². The maximum atomic E-state index is 12.7. The lowest BCUT2D eigenvalue weighted by molar-refractivity contribution is 0.0928. The smallest absolute Gasteiger partial charge is 0.274 e. The molecule has 0 bridgehead atoms. The minimum absolute atomic E-state index is 0.204. The fourth-order valence-corrected chi connectivity index (χ4v) is 2.67. The largest absolute Gasteiger partial charge is 0.497 e. The Balaban J connectivity index is 1.71. The first-order chi connectivity index (χ1) is 13.1. The van der Waals surface area contributed by atoms with Gasteiger partial charge in [0.15, 0.2) is 5.69 Å². The topological polar surface area (TPSA) is 73.6 Å². The lowest BCUT2D eigenvalue weighted by Crippen LogP contribution is -2.28. The Morgan fingerprint density at radius 3 is 2.63 bits per heavy atom. The molecule has 2 aromatic carbocycles. The molecule has 1 aromatic heterocycles. The molecule has 6 nitrogen and oxygen atoms in total. The lowest BCUT2D eigenvalue weighted by atomic mass is 10.1. The van der Waals surface area contributed by atoms with Crippen LogP contribution in [-0.2, 0) is 6.61 Å². The van der Waals surface area contributed by atoms with Gasteiger partial charge in [-0.15, -0.1) is 0 Å². The van der Waals surface area contributed by atoms with E-state index in [9.17, 15) is 4.79 Å². The molecule has 1 heterocycles. The van der Waals surface area contributed by atoms with Gasteiger partial charge in [0.2, 0.25) is 0 Å². The van der Waals surface area contributed by atoms with Crippen LogP contribution in [-0.4, -0.2) is 18.2 Å². The highest BCUT2D eigenvalue weighted by molar-refractivity contribution is 5.94. The minimum Gasteiger partial charge on any atom is -0.497 e. The summed E-state index contributed by atoms with van der Waals surface area (Å²) < 4.78 is 16.2. The number of hydrogen-bond donors (Lipinski definition) is 1. The van der Waals surface area contributed by atoms with Crippen molar-refractivity contribution in [2.75, 3.05) is 7.11 Å². The standard InChI is InChI=1S/C21H22N2O4/c1-14(16-8-7-11-18(12-16)25-3)22-21(24)20-19(15(2)27-23-20)13-26-17-9-5-4-6-10-17/h4-12,14H,13H2,1-3H3,(H,22,24). The number of nitrogens with one attached hydrogen (secondary N) is 1. The first-order valence-electron chi connectivity index (χ1n) is 8.66. The third-order valence-corrected chi connectivity index (χ3v) is 4.27. The predicted octanol–water partition coefficient (Wildman–Crippen LogP) is 4.06. The number of methoxy groups -OCH3 is 1. The molecule has 0 fully saturated rings. The lowest BCUT2D eigenvalue weighted by Gasteiger charge is -2.15. The van der Waals surface area contributed by atoms with Gasteiger partial charge >= 0.3 is 0 Å². The maximum Gasteiger partial charge on any atom is 0.274 e. The van der Waals surface area contributed by atoms with Crippen molar-refractivity contribution in [2.24, 2.45) is 0 Å². The van der Waals surface area contributed by atoms with Crippen LogP contribution in [0.2, 0.25) is 0 Å². The quantitative estimate of drug-likeness (QED) is 0.682. The Morgan fingerprint density at radius 1 is 1.15 bits per heavy atom. The number of carbonyl (C=O) groups is 1. The van der Waals surface area contributed by atoms with E-state index in [2.05, 4.69) is 10.5 Å². The number of aromatic nitrogens is 1. The van der Waals surface area contributed by atoms with E-state index in [-0.39, 0.29) is 24.2 Å². The van der Waals surface area contributed by atoms with Crippen LogP contribution in [0.25, 0.3) is 0 Å². The van der Waals surface area contributed by atoms with Crippen molar-refractivity contribution in [3.05, 3.63) is 77.2 Å². The summed E-state index contributed by atoms with van der Waals surface area (Å²) in [6, 6.07) is 16.7. The zero-order chi connectivity index (χ0) is 19.2. The molecule has 1 amide bonds. The zero-order valence-electron chi connectivity index (χ0n) is 15.6. The second kappa shape index (κ2) is 8.40. The average Bonchev–Trinajstić information content (AvgIpc) is 3.07. The van der Waals surface area contributed by atoms with Gasteiger partial charge in [-0.1, -0.05) is 35.5 Å². The van der Waals surface area contributed by atoms with Crippen molar-refractivity contribution in [3.63, 3.8) is 0 Å². The molecule has 140 valence electrons. The van der Waals surface area contributed by atoms with Gasteiger partial charge in [-0.05, 0) is 43.7 Å². The van der Waals surface area contributed by atoms with Crippen LogP contribution in [0.4, 0.5) is 0 Å². The van der Waals surface area contributed by atoms with Gasteiger partial charge in [-0.3, -0.25) is 4.79 Å². The third-order valence-electron chi connectivity index (χ3n) is 4.27. The Bertz CT molecular complexity index is 906. The molecule has 1 atom stereocenters. The summed E-state index contributed by atoms with van der Waals surface area (Å²) in [4.78, 5) is 12.7. The van der Waals surface area contributed by atoms with Crippen LogP contribution in [0, 0.1) is 6.92 Å². The molecule has 0 saturated carbocycles. The normalized spacial score (nSPS) is 11.7. The Morgan fingerprint density at radius 2 is 1.89 bits per heavy atom. The third kappa shape index (κ3) is 4.47. The number of benzene rings is 2. The summed E-state index contributed by atoms with van der Waals surface area (Å²) >= 11 is 0. The SMILES string of the molecule is COc1cccc(C(C)NC(=O)c2noc(C)c2COc2ccccc2)c1. The average molecular weight is 366 g/mol. The maximum absolute atomic E-state index is 12.7. The summed E-state index contributed by atoms with van der Waals surface area (Å²) in [6.45, 7) is 3.87. The highest BCUT2D eigenvalue weighted by Gasteiger charge is 2.22. The Kier molecular flexibility index (Phi) is 5.76. The van der Waals surface area contributed by atoms with E-state index in [1.807, 2.05) is 61.5 Å². The molecular formula is C21H22N2O4. The second-order valence-corrected chi connectivity index (χ2v) is 6.14. The second-order valence-electron chi connectivity index (χ2n) is 6.14. The fourth-order valence-electron chi connectivity index (χ4n) is 2.67. The van der Waals surface area contributed by atoms with Gasteiger partial charge in [-0.2, -0.15) is 0 Å². The summed E-state index contributed by atoms with van der Waals surface area (Å²) in [5, 5.41) is 6.86. The molecule has 3 aromatic rings. The molecule has 6 heteroatoms. The number of hydrogen-bond acceptors (Lipinski definition) is 5. The number of ether oxygens (including phenoxy) is 2. The number of rotatable bonds is 7. The van der Waals surface area contributed by atoms with Crippen LogP contribution in [0.3, 0.4) is 0 Å². The van der Waals surface area contributed by atoms with Crippen molar-refractivity contribution >= 4 is 5.91 Å². The fraction of sp³-hybridized carbons (Fsp3) is 0.238. The summed E-state index contributed by atoms with van der Waals surface area (Å²) in [6.07, 6.45) is 0. The van der Waals surface area contributed by atoms with Gasteiger partial charge in [-0.25, -0.2) is 0 Å². The highest BCUT2D eigenvalue weighted by atomic mass is 16.5. The summed E-state index contributed by atoms with van der Waals surface area (Å²) in [5.74, 6) is 1.70. The molecule has 3 rings (SSSR count). The number of para-hydroxylation sites is 1. The van der Waals surface area contributed by atoms with Gasteiger partial charge in [0.05, 0.1) is 18.7 Å². The van der Waals surface area contributed by atoms with Gasteiger partial charge in [0.25, 0.3) is 5.91 Å². The molecule has 27 heavy (non-hydrogen) atoms. The van der Waals surface area contributed by atoms with Crippen LogP contribution < -0.4 is 14.8 Å². The first-order valence-corrected chi connectivity index (χ1v) is 8.66. The van der Waals surface area contributed by atoms with E-state index in [0.29, 0.717) is 17.1 Å². The number of amides is 1. The van der Waals surface area contributed by atoms with E-state index in [4.69, 9.17) is 14.0 Å². The molecular weight excluding hydrogens is 344 g/mol. The number of carbonyl (C=O) groups excluding carboxylic acids is 1. The molecule has 0 aliphatic carbocycles. The molecule has 1 N–H and O–H groups in total. The summed E-state index contributed by atoms with van der Waals surface area (Å²) in [7, 11) is 1.61. The van der Waals surface area contributed by atoms with E-state index in [1.54, 1.807) is 14.0 Å². The van der Waals surface area contributed by atoms with Gasteiger partial charge in [0, 0.05) is 0 Å². The molecule has 0 radical (unpaired) electrons. The highest BCUT2D eigenvalue weighted by Crippen LogP contribution is 2.21. The van der Waals surface area contributed by atoms with Crippen molar-refractivity contribution in [1.82, 2.24) is 10.5 Å². The van der Waals surface area contributed by atoms with E-state index < -0.39 is 0 Å². The van der Waals surface area contributed by atoms with Crippen molar-refractivity contribution in [3.8, 4) is 11.5 Å². The molecule has 0 aliphatic heterocycles. The number of nitrogens with zero attached hydrogens (tertiary/aromatic N) is 1. The molecule has 1 unspecified atom stereocenters. The molecule has 0 spiro atoms. The van der Waals surface area contributed by atoms with E-state index in [1.165, 1.54) is 0 Å². The van der Waals surface area contributed by atoms with Crippen LogP contribution in [0.5, 0.6) is 11.5 Å². The van der Waals surface area contributed by atoms with Crippen molar-refractivity contribution in [1.29, 1.82) is 0 Å². The Labute approximate surface area is 158 Å². The van der Waals surface area contributed by atoms with E-state index in [0.717, 1.165) is 11.3 Å². The van der Waals surface area contributed by atoms with Crippen LogP contribution in [0.1, 0.15) is 40.3 Å². The predicted molar refractivity (Wildman–Crippen MR) is 101 cm³/mol. The van der Waals surface area contributed by atoms with Crippen LogP contribution >= 0.6 is 0 Å². The van der Waals surface area contributed by atoms with E-state index >= 15 is 0 Å². The van der Waals surface area contributed by atoms with Gasteiger partial charge < -0.3 is 19.3 Å². The first kappa shape index (κ1) is 18.5. The monoisotopic (exact) mass is 366 g/mol. The molecule has 0 saturated heterocycles. The van der Waals surface area contributed by atoms with Crippen molar-refractivity contribution in [2.45, 2.75) is 26.5 Å². The minimum atomic E-state index is -0.311. The Hall–Kier alpha value is -3.28. The number of aryl methyl sites for hydroxylation is 1. The summed E-state index contributed by atoms with van der Waals surface area (Å²) in [5.41, 5.74) is 1.80.